The molecule has 0 atom stereocenters. The molecule has 3 aromatic rings. The Kier molecular flexibility index (Phi) is 6.12. The highest BCUT2D eigenvalue weighted by Crippen LogP contribution is 2.24. The molecule has 6 heteroatoms. The predicted octanol–water partition coefficient (Wildman–Crippen LogP) is 4.81. The Morgan fingerprint density at radius 3 is 2.73 bits per heavy atom. The number of nitrogens with one attached hydrogen (secondary N) is 1. The van der Waals surface area contributed by atoms with Gasteiger partial charge in [0.2, 0.25) is 0 Å². The smallest absolute Gasteiger partial charge is 0.262 e. The summed E-state index contributed by atoms with van der Waals surface area (Å²) in [7, 11) is 0. The summed E-state index contributed by atoms with van der Waals surface area (Å²) in [5.41, 5.74) is 2.93. The number of aromatic nitrogens is 3. The molecule has 0 unspecified atom stereocenters. The quantitative estimate of drug-likeness (QED) is 0.640. The molecule has 1 aliphatic rings. The van der Waals surface area contributed by atoms with Gasteiger partial charge in [-0.1, -0.05) is 32.4 Å². The van der Waals surface area contributed by atoms with E-state index in [9.17, 15) is 4.79 Å². The molecule has 156 valence electrons. The third-order valence-electron chi connectivity index (χ3n) is 5.43. The van der Waals surface area contributed by atoms with Gasteiger partial charge in [-0.05, 0) is 60.7 Å². The largest absolute Gasteiger partial charge is 0.484 e. The number of amides is 1. The molecular weight excluding hydrogens is 376 g/mol. The van der Waals surface area contributed by atoms with Gasteiger partial charge in [-0.2, -0.15) is 0 Å². The van der Waals surface area contributed by atoms with E-state index < -0.39 is 0 Å². The van der Waals surface area contributed by atoms with Crippen LogP contribution in [0.2, 0.25) is 0 Å². The number of benzene rings is 2. The number of carbonyl (C=O) groups excluding carboxylic acids is 1. The van der Waals surface area contributed by atoms with E-state index in [0.29, 0.717) is 11.7 Å². The minimum atomic E-state index is -0.186. The third-order valence-corrected chi connectivity index (χ3v) is 5.43. The van der Waals surface area contributed by atoms with E-state index in [-0.39, 0.29) is 12.5 Å². The molecule has 6 nitrogen and oxygen atoms in total. The number of fused-ring (bicyclic) bond motifs is 1. The second kappa shape index (κ2) is 9.11. The summed E-state index contributed by atoms with van der Waals surface area (Å²) in [5, 5.41) is 11.6. The monoisotopic (exact) mass is 404 g/mol. The average molecular weight is 405 g/mol. The maximum absolute atomic E-state index is 12.3. The normalized spacial score (nSPS) is 13.6. The second-order valence-corrected chi connectivity index (χ2v) is 8.04. The van der Waals surface area contributed by atoms with Crippen LogP contribution in [0.4, 0.5) is 5.69 Å². The lowest BCUT2D eigenvalue weighted by molar-refractivity contribution is -0.118. The Balaban J connectivity index is 1.36. The van der Waals surface area contributed by atoms with Crippen molar-refractivity contribution in [1.29, 1.82) is 0 Å². The maximum atomic E-state index is 12.3. The molecule has 4 rings (SSSR count). The van der Waals surface area contributed by atoms with Crippen LogP contribution in [0, 0.1) is 0 Å². The van der Waals surface area contributed by atoms with Crippen LogP contribution in [0.15, 0.2) is 48.5 Å². The third kappa shape index (κ3) is 4.70. The number of aryl methyl sites for hydroxylation is 1. The van der Waals surface area contributed by atoms with Crippen LogP contribution in [0.3, 0.4) is 0 Å². The Labute approximate surface area is 177 Å². The molecule has 0 radical (unpaired) electrons. The zero-order chi connectivity index (χ0) is 20.9. The molecule has 1 aliphatic heterocycles. The molecule has 0 fully saturated rings. The lowest BCUT2D eigenvalue weighted by Gasteiger charge is -2.11. The van der Waals surface area contributed by atoms with Crippen LogP contribution in [0.5, 0.6) is 5.75 Å². The standard InChI is InChI=1S/C24H28N4O2/c1-17(2)19-7-6-8-21(15-19)30-16-23(29)25-20-12-10-18(11-13-20)24-27-26-22-9-4-3-5-14-28(22)24/h6-8,10-13,15,17H,3-5,9,14,16H2,1-2H3,(H,25,29). The Bertz CT molecular complexity index is 1010. The maximum Gasteiger partial charge on any atom is 0.262 e. The number of rotatable bonds is 6. The topological polar surface area (TPSA) is 69.0 Å². The second-order valence-electron chi connectivity index (χ2n) is 8.04. The summed E-state index contributed by atoms with van der Waals surface area (Å²) in [6.07, 6.45) is 4.55. The molecule has 0 saturated heterocycles. The molecule has 2 heterocycles. The van der Waals surface area contributed by atoms with Gasteiger partial charge in [-0.15, -0.1) is 10.2 Å². The van der Waals surface area contributed by atoms with Gasteiger partial charge in [0, 0.05) is 24.2 Å². The van der Waals surface area contributed by atoms with Crippen LogP contribution in [-0.4, -0.2) is 27.3 Å². The first-order valence-corrected chi connectivity index (χ1v) is 10.7. The molecule has 1 aromatic heterocycles. The lowest BCUT2D eigenvalue weighted by Crippen LogP contribution is -2.20. The zero-order valence-corrected chi connectivity index (χ0v) is 17.6. The number of hydrogen-bond donors (Lipinski definition) is 1. The zero-order valence-electron chi connectivity index (χ0n) is 17.6. The van der Waals surface area contributed by atoms with Crippen molar-refractivity contribution in [3.63, 3.8) is 0 Å². The highest BCUT2D eigenvalue weighted by molar-refractivity contribution is 5.92. The van der Waals surface area contributed by atoms with Gasteiger partial charge in [0.05, 0.1) is 0 Å². The summed E-state index contributed by atoms with van der Waals surface area (Å²) >= 11 is 0. The van der Waals surface area contributed by atoms with Crippen LogP contribution < -0.4 is 10.1 Å². The molecule has 30 heavy (non-hydrogen) atoms. The lowest BCUT2D eigenvalue weighted by atomic mass is 10.0. The van der Waals surface area contributed by atoms with E-state index in [0.717, 1.165) is 42.3 Å². The summed E-state index contributed by atoms with van der Waals surface area (Å²) < 4.78 is 7.88. The van der Waals surface area contributed by atoms with Gasteiger partial charge < -0.3 is 14.6 Å². The first kappa shape index (κ1) is 20.1. The van der Waals surface area contributed by atoms with Crippen molar-refractivity contribution < 1.29 is 9.53 Å². The molecule has 0 bridgehead atoms. The van der Waals surface area contributed by atoms with Crippen molar-refractivity contribution in [3.8, 4) is 17.1 Å². The van der Waals surface area contributed by atoms with E-state index in [1.54, 1.807) is 0 Å². The summed E-state index contributed by atoms with van der Waals surface area (Å²) in [6, 6.07) is 15.6. The fraction of sp³-hybridized carbons (Fsp3) is 0.375. The first-order chi connectivity index (χ1) is 14.6. The van der Waals surface area contributed by atoms with Crippen molar-refractivity contribution in [1.82, 2.24) is 14.8 Å². The fourth-order valence-electron chi connectivity index (χ4n) is 3.71. The number of nitrogens with zero attached hydrogens (tertiary/aromatic N) is 3. The summed E-state index contributed by atoms with van der Waals surface area (Å²) in [4.78, 5) is 12.3. The highest BCUT2D eigenvalue weighted by Gasteiger charge is 2.16. The van der Waals surface area contributed by atoms with Crippen molar-refractivity contribution in [2.75, 3.05) is 11.9 Å². The minimum Gasteiger partial charge on any atom is -0.484 e. The number of anilines is 1. The summed E-state index contributed by atoms with van der Waals surface area (Å²) in [5.74, 6) is 2.91. The molecule has 0 spiro atoms. The van der Waals surface area contributed by atoms with E-state index >= 15 is 0 Å². The van der Waals surface area contributed by atoms with Gasteiger partial charge in [0.1, 0.15) is 11.6 Å². The molecule has 1 amide bonds. The molecular formula is C24H28N4O2. The van der Waals surface area contributed by atoms with Crippen LogP contribution in [-0.2, 0) is 17.8 Å². The number of ether oxygens (including phenoxy) is 1. The predicted molar refractivity (Wildman–Crippen MR) is 118 cm³/mol. The van der Waals surface area contributed by atoms with Crippen molar-refractivity contribution >= 4 is 11.6 Å². The average Bonchev–Trinajstić information content (AvgIpc) is 3.01. The summed E-state index contributed by atoms with van der Waals surface area (Å²) in [6.45, 7) is 5.20. The first-order valence-electron chi connectivity index (χ1n) is 10.7. The van der Waals surface area contributed by atoms with Crippen LogP contribution in [0.25, 0.3) is 11.4 Å². The van der Waals surface area contributed by atoms with E-state index in [4.69, 9.17) is 4.74 Å². The number of hydrogen-bond acceptors (Lipinski definition) is 4. The minimum absolute atomic E-state index is 0.0268. The highest BCUT2D eigenvalue weighted by atomic mass is 16.5. The van der Waals surface area contributed by atoms with E-state index in [1.165, 1.54) is 18.4 Å². The SMILES string of the molecule is CC(C)c1cccc(OCC(=O)Nc2ccc(-c3nnc4n3CCCCC4)cc2)c1. The van der Waals surface area contributed by atoms with Crippen molar-refractivity contribution in [3.05, 3.63) is 59.9 Å². The Morgan fingerprint density at radius 1 is 1.10 bits per heavy atom. The van der Waals surface area contributed by atoms with Crippen LogP contribution in [0.1, 0.15) is 50.4 Å². The fourth-order valence-corrected chi connectivity index (χ4v) is 3.71. The Hall–Kier alpha value is -3.15. The Morgan fingerprint density at radius 2 is 1.93 bits per heavy atom. The van der Waals surface area contributed by atoms with Gasteiger partial charge >= 0.3 is 0 Å². The molecule has 1 N–H and O–H groups in total. The van der Waals surface area contributed by atoms with E-state index in [2.05, 4.69) is 40.0 Å². The van der Waals surface area contributed by atoms with Gasteiger partial charge in [0.25, 0.3) is 5.91 Å². The van der Waals surface area contributed by atoms with Crippen molar-refractivity contribution in [2.24, 2.45) is 0 Å². The van der Waals surface area contributed by atoms with E-state index in [1.807, 2.05) is 42.5 Å². The molecule has 0 saturated carbocycles. The van der Waals surface area contributed by atoms with Crippen LogP contribution >= 0.6 is 0 Å². The molecule has 0 aliphatic carbocycles. The van der Waals surface area contributed by atoms with Gasteiger partial charge in [0.15, 0.2) is 12.4 Å². The number of carbonyl (C=O) groups is 1. The van der Waals surface area contributed by atoms with Gasteiger partial charge in [-0.25, -0.2) is 0 Å². The van der Waals surface area contributed by atoms with Crippen molar-refractivity contribution in [2.45, 2.75) is 52.0 Å². The molecule has 2 aromatic carbocycles. The van der Waals surface area contributed by atoms with Gasteiger partial charge in [-0.3, -0.25) is 4.79 Å².